The topological polar surface area (TPSA) is 37.4 Å². The summed E-state index contributed by atoms with van der Waals surface area (Å²) in [6.45, 7) is -0.0240. The smallest absolute Gasteiger partial charge is 0.207 e. The first-order valence-electron chi connectivity index (χ1n) is 5.49. The summed E-state index contributed by atoms with van der Waals surface area (Å²) in [5, 5.41) is 0. The van der Waals surface area contributed by atoms with Crippen LogP contribution in [0, 0.1) is 0 Å². The average molecular weight is 360 g/mol. The van der Waals surface area contributed by atoms with Gasteiger partial charge in [0.2, 0.25) is 10.0 Å². The summed E-state index contributed by atoms with van der Waals surface area (Å²) in [5.74, 6) is 0. The molecule has 19 heavy (non-hydrogen) atoms. The summed E-state index contributed by atoms with van der Waals surface area (Å²) >= 11 is 3.10. The van der Waals surface area contributed by atoms with E-state index in [-0.39, 0.29) is 11.4 Å². The fourth-order valence-corrected chi connectivity index (χ4v) is 3.62. The van der Waals surface area contributed by atoms with Crippen molar-refractivity contribution < 1.29 is 21.6 Å². The van der Waals surface area contributed by atoms with Gasteiger partial charge in [0.05, 0.1) is 4.90 Å². The van der Waals surface area contributed by atoms with Crippen LogP contribution < -0.4 is 0 Å². The van der Waals surface area contributed by atoms with E-state index in [4.69, 9.17) is 0 Å². The van der Waals surface area contributed by atoms with Crippen molar-refractivity contribution in [2.75, 3.05) is 13.1 Å². The highest BCUT2D eigenvalue weighted by molar-refractivity contribution is 9.10. The Hall–Kier alpha value is -0.600. The Labute approximate surface area is 118 Å². The lowest BCUT2D eigenvalue weighted by Crippen LogP contribution is -2.39. The number of nitrogens with zero attached hydrogens (tertiary/aromatic N) is 1. The standard InChI is InChI=1S/C11H13BrF3NO2S/c1-2-6-16(8-11(13,14)15)19(17,18)10-5-3-4-9(12)7-10/h3-5,7H,2,6,8H2,1H3. The Morgan fingerprint density at radius 1 is 1.32 bits per heavy atom. The van der Waals surface area contributed by atoms with E-state index in [9.17, 15) is 21.6 Å². The van der Waals surface area contributed by atoms with Gasteiger partial charge in [0.25, 0.3) is 0 Å². The van der Waals surface area contributed by atoms with Crippen LogP contribution in [0.25, 0.3) is 0 Å². The van der Waals surface area contributed by atoms with Gasteiger partial charge in [-0.05, 0) is 24.6 Å². The zero-order valence-electron chi connectivity index (χ0n) is 10.1. The zero-order chi connectivity index (χ0) is 14.7. The van der Waals surface area contributed by atoms with Gasteiger partial charge < -0.3 is 0 Å². The van der Waals surface area contributed by atoms with E-state index in [0.717, 1.165) is 0 Å². The first kappa shape index (κ1) is 16.5. The fraction of sp³-hybridized carbons (Fsp3) is 0.455. The summed E-state index contributed by atoms with van der Waals surface area (Å²) in [7, 11) is -4.14. The van der Waals surface area contributed by atoms with Crippen LogP contribution >= 0.6 is 15.9 Å². The predicted molar refractivity (Wildman–Crippen MR) is 69.2 cm³/mol. The van der Waals surface area contributed by atoms with Gasteiger partial charge in [-0.15, -0.1) is 0 Å². The molecule has 0 aliphatic rings. The molecule has 0 aliphatic heterocycles. The number of hydrogen-bond acceptors (Lipinski definition) is 2. The fourth-order valence-electron chi connectivity index (χ4n) is 1.51. The van der Waals surface area contributed by atoms with Crippen molar-refractivity contribution in [1.29, 1.82) is 0 Å². The second-order valence-electron chi connectivity index (χ2n) is 3.91. The molecule has 0 heterocycles. The summed E-state index contributed by atoms with van der Waals surface area (Å²) in [5.41, 5.74) is 0. The highest BCUT2D eigenvalue weighted by Gasteiger charge is 2.36. The molecule has 0 amide bonds. The third-order valence-electron chi connectivity index (χ3n) is 2.26. The van der Waals surface area contributed by atoms with Crippen molar-refractivity contribution >= 4 is 26.0 Å². The Morgan fingerprint density at radius 2 is 1.95 bits per heavy atom. The maximum atomic E-state index is 12.4. The van der Waals surface area contributed by atoms with Crippen LogP contribution in [0.2, 0.25) is 0 Å². The van der Waals surface area contributed by atoms with E-state index < -0.39 is 22.7 Å². The minimum absolute atomic E-state index is 0.153. The molecule has 0 radical (unpaired) electrons. The van der Waals surface area contributed by atoms with E-state index in [2.05, 4.69) is 15.9 Å². The SMILES string of the molecule is CCCN(CC(F)(F)F)S(=O)(=O)c1cccc(Br)c1. The van der Waals surface area contributed by atoms with Gasteiger partial charge in [0.15, 0.2) is 0 Å². The molecule has 0 spiro atoms. The molecular formula is C11H13BrF3NO2S. The molecule has 0 atom stereocenters. The molecule has 1 rings (SSSR count). The predicted octanol–water partition coefficient (Wildman–Crippen LogP) is 3.41. The van der Waals surface area contributed by atoms with Gasteiger partial charge in [0.1, 0.15) is 6.54 Å². The minimum atomic E-state index is -4.56. The van der Waals surface area contributed by atoms with Gasteiger partial charge in [-0.1, -0.05) is 28.9 Å². The Morgan fingerprint density at radius 3 is 2.42 bits per heavy atom. The molecule has 1 aromatic rings. The number of benzene rings is 1. The van der Waals surface area contributed by atoms with Gasteiger partial charge in [0, 0.05) is 11.0 Å². The number of rotatable bonds is 5. The molecule has 0 saturated heterocycles. The second kappa shape index (κ2) is 6.23. The van der Waals surface area contributed by atoms with E-state index >= 15 is 0 Å². The molecule has 0 fully saturated rings. The molecule has 0 aromatic heterocycles. The maximum Gasteiger partial charge on any atom is 0.402 e. The first-order chi connectivity index (χ1) is 8.66. The molecular weight excluding hydrogens is 347 g/mol. The van der Waals surface area contributed by atoms with E-state index in [1.165, 1.54) is 18.2 Å². The molecule has 0 bridgehead atoms. The number of alkyl halides is 3. The highest BCUT2D eigenvalue weighted by Crippen LogP contribution is 2.24. The Kier molecular flexibility index (Phi) is 5.40. The van der Waals surface area contributed by atoms with Crippen molar-refractivity contribution in [3.63, 3.8) is 0 Å². The molecule has 0 saturated carbocycles. The molecule has 1 aromatic carbocycles. The number of hydrogen-bond donors (Lipinski definition) is 0. The van der Waals surface area contributed by atoms with Crippen molar-refractivity contribution in [2.24, 2.45) is 0 Å². The van der Waals surface area contributed by atoms with Crippen molar-refractivity contribution in [3.8, 4) is 0 Å². The van der Waals surface area contributed by atoms with Crippen LogP contribution in [0.5, 0.6) is 0 Å². The molecule has 8 heteroatoms. The van der Waals surface area contributed by atoms with Crippen LogP contribution in [0.15, 0.2) is 33.6 Å². The summed E-state index contributed by atoms with van der Waals surface area (Å²) in [4.78, 5) is -0.153. The molecule has 0 aliphatic carbocycles. The van der Waals surface area contributed by atoms with Crippen LogP contribution in [0.3, 0.4) is 0 Å². The van der Waals surface area contributed by atoms with Crippen molar-refractivity contribution in [2.45, 2.75) is 24.4 Å². The monoisotopic (exact) mass is 359 g/mol. The van der Waals surface area contributed by atoms with E-state index in [0.29, 0.717) is 15.2 Å². The Bertz CT molecular complexity index is 531. The van der Waals surface area contributed by atoms with Gasteiger partial charge in [-0.25, -0.2) is 8.42 Å². The first-order valence-corrected chi connectivity index (χ1v) is 7.72. The number of halogens is 4. The molecule has 108 valence electrons. The third-order valence-corrected chi connectivity index (χ3v) is 4.60. The van der Waals surface area contributed by atoms with Crippen molar-refractivity contribution in [3.05, 3.63) is 28.7 Å². The quantitative estimate of drug-likeness (QED) is 0.807. The normalized spacial score (nSPS) is 12.9. The lowest BCUT2D eigenvalue weighted by molar-refractivity contribution is -0.136. The minimum Gasteiger partial charge on any atom is -0.207 e. The highest BCUT2D eigenvalue weighted by atomic mass is 79.9. The molecule has 3 nitrogen and oxygen atoms in total. The third kappa shape index (κ3) is 4.77. The largest absolute Gasteiger partial charge is 0.402 e. The lowest BCUT2D eigenvalue weighted by atomic mass is 10.4. The van der Waals surface area contributed by atoms with Crippen LogP contribution in [-0.2, 0) is 10.0 Å². The van der Waals surface area contributed by atoms with E-state index in [1.807, 2.05) is 0 Å². The van der Waals surface area contributed by atoms with Gasteiger partial charge in [-0.2, -0.15) is 17.5 Å². The van der Waals surface area contributed by atoms with E-state index in [1.54, 1.807) is 13.0 Å². The van der Waals surface area contributed by atoms with Crippen LogP contribution in [-0.4, -0.2) is 32.0 Å². The van der Waals surface area contributed by atoms with Crippen molar-refractivity contribution in [1.82, 2.24) is 4.31 Å². The number of sulfonamides is 1. The summed E-state index contributed by atoms with van der Waals surface area (Å²) in [6, 6.07) is 5.63. The lowest BCUT2D eigenvalue weighted by Gasteiger charge is -2.22. The zero-order valence-corrected chi connectivity index (χ0v) is 12.5. The van der Waals surface area contributed by atoms with Gasteiger partial charge >= 0.3 is 6.18 Å². The van der Waals surface area contributed by atoms with Crippen LogP contribution in [0.1, 0.15) is 13.3 Å². The van der Waals surface area contributed by atoms with Gasteiger partial charge in [-0.3, -0.25) is 0 Å². The summed E-state index contributed by atoms with van der Waals surface area (Å²) in [6.07, 6.45) is -4.25. The van der Waals surface area contributed by atoms with Crippen LogP contribution in [0.4, 0.5) is 13.2 Å². The summed E-state index contributed by atoms with van der Waals surface area (Å²) < 4.78 is 62.6. The Balaban J connectivity index is 3.13. The molecule has 0 unspecified atom stereocenters. The second-order valence-corrected chi connectivity index (χ2v) is 6.76. The molecule has 0 N–H and O–H groups in total. The average Bonchev–Trinajstić information content (AvgIpc) is 2.26. The maximum absolute atomic E-state index is 12.4.